The molecule has 0 radical (unpaired) electrons. The fourth-order valence-corrected chi connectivity index (χ4v) is 2.72. The highest BCUT2D eigenvalue weighted by Gasteiger charge is 2.05. The topological polar surface area (TPSA) is 98.5 Å². The maximum atomic E-state index is 11.7. The molecule has 1 aromatic carbocycles. The summed E-state index contributed by atoms with van der Waals surface area (Å²) in [6.45, 7) is 2.82. The van der Waals surface area contributed by atoms with E-state index < -0.39 is 10.3 Å². The molecule has 0 unspecified atom stereocenters. The summed E-state index contributed by atoms with van der Waals surface area (Å²) in [5, 5.41) is 7.73. The second-order valence-electron chi connectivity index (χ2n) is 5.84. The summed E-state index contributed by atoms with van der Waals surface area (Å²) in [5.41, 5.74) is 1.05. The minimum atomic E-state index is -3.98. The van der Waals surface area contributed by atoms with Crippen LogP contribution in [0.1, 0.15) is 57.4 Å². The van der Waals surface area contributed by atoms with Crippen LogP contribution in [0, 0.1) is 0 Å². The van der Waals surface area contributed by atoms with Crippen LogP contribution in [0.15, 0.2) is 24.3 Å². The molecule has 1 amide bonds. The fourth-order valence-electron chi connectivity index (χ4n) is 2.34. The van der Waals surface area contributed by atoms with Gasteiger partial charge in [0, 0.05) is 13.0 Å². The molecule has 1 rings (SSSR count). The van der Waals surface area contributed by atoms with Crippen molar-refractivity contribution in [1.82, 2.24) is 5.32 Å². The summed E-state index contributed by atoms with van der Waals surface area (Å²) in [5.74, 6) is 0.307. The Morgan fingerprint density at radius 2 is 1.75 bits per heavy atom. The third-order valence-electron chi connectivity index (χ3n) is 3.61. The molecule has 0 atom stereocenters. The molecule has 0 saturated carbocycles. The Hall–Kier alpha value is -1.60. The number of hydrogen-bond donors (Lipinski definition) is 2. The van der Waals surface area contributed by atoms with Crippen LogP contribution in [0.3, 0.4) is 0 Å². The second-order valence-corrected chi connectivity index (χ2v) is 6.99. The van der Waals surface area contributed by atoms with Gasteiger partial charge in [0.1, 0.15) is 5.75 Å². The Morgan fingerprint density at radius 3 is 2.38 bits per heavy atom. The number of carbonyl (C=O) groups is 1. The molecule has 0 spiro atoms. The van der Waals surface area contributed by atoms with Gasteiger partial charge in [-0.15, -0.1) is 0 Å². The van der Waals surface area contributed by atoms with E-state index in [2.05, 4.69) is 16.4 Å². The first kappa shape index (κ1) is 20.4. The van der Waals surface area contributed by atoms with Crippen molar-refractivity contribution in [3.05, 3.63) is 29.8 Å². The number of hydrogen-bond acceptors (Lipinski definition) is 4. The SMILES string of the molecule is CCCCCCCC(=O)NCCCc1ccc(OS(N)(=O)=O)cc1. The average molecular weight is 356 g/mol. The van der Waals surface area contributed by atoms with Gasteiger partial charge in [-0.05, 0) is 37.0 Å². The van der Waals surface area contributed by atoms with Crippen molar-refractivity contribution in [2.24, 2.45) is 5.14 Å². The smallest absolute Gasteiger partial charge is 0.371 e. The number of rotatable bonds is 12. The zero-order chi connectivity index (χ0) is 17.8. The van der Waals surface area contributed by atoms with Crippen LogP contribution in [-0.4, -0.2) is 20.9 Å². The predicted molar refractivity (Wildman–Crippen MR) is 94.9 cm³/mol. The Morgan fingerprint density at radius 1 is 1.08 bits per heavy atom. The lowest BCUT2D eigenvalue weighted by Gasteiger charge is -2.06. The lowest BCUT2D eigenvalue weighted by atomic mass is 10.1. The minimum absolute atomic E-state index is 0.114. The Labute approximate surface area is 145 Å². The van der Waals surface area contributed by atoms with E-state index in [1.54, 1.807) is 24.3 Å². The van der Waals surface area contributed by atoms with E-state index in [9.17, 15) is 13.2 Å². The number of benzene rings is 1. The van der Waals surface area contributed by atoms with Crippen LogP contribution in [0.2, 0.25) is 0 Å². The second kappa shape index (κ2) is 11.0. The third kappa shape index (κ3) is 10.2. The van der Waals surface area contributed by atoms with Crippen LogP contribution in [0.5, 0.6) is 5.75 Å². The van der Waals surface area contributed by atoms with Gasteiger partial charge in [-0.2, -0.15) is 13.6 Å². The summed E-state index contributed by atoms with van der Waals surface area (Å²) < 4.78 is 26.2. The molecule has 0 aliphatic rings. The van der Waals surface area contributed by atoms with E-state index >= 15 is 0 Å². The van der Waals surface area contributed by atoms with E-state index in [0.717, 1.165) is 31.2 Å². The van der Waals surface area contributed by atoms with Gasteiger partial charge >= 0.3 is 10.3 Å². The van der Waals surface area contributed by atoms with Crippen LogP contribution in [-0.2, 0) is 21.5 Å². The number of aryl methyl sites for hydroxylation is 1. The molecule has 1 aromatic rings. The number of unbranched alkanes of at least 4 members (excludes halogenated alkanes) is 4. The lowest BCUT2D eigenvalue weighted by molar-refractivity contribution is -0.121. The Kier molecular flexibility index (Phi) is 9.41. The first-order chi connectivity index (χ1) is 11.4. The molecule has 0 bridgehead atoms. The van der Waals surface area contributed by atoms with Crippen molar-refractivity contribution in [2.45, 2.75) is 58.3 Å². The Bertz CT molecular complexity index is 585. The molecule has 0 aliphatic heterocycles. The van der Waals surface area contributed by atoms with Crippen molar-refractivity contribution in [3.63, 3.8) is 0 Å². The van der Waals surface area contributed by atoms with Crippen molar-refractivity contribution >= 4 is 16.2 Å². The number of nitrogens with two attached hydrogens (primary N) is 1. The highest BCUT2D eigenvalue weighted by atomic mass is 32.2. The summed E-state index contributed by atoms with van der Waals surface area (Å²) in [4.78, 5) is 11.7. The van der Waals surface area contributed by atoms with Gasteiger partial charge in [0.2, 0.25) is 5.91 Å². The maximum absolute atomic E-state index is 11.7. The molecule has 136 valence electrons. The summed E-state index contributed by atoms with van der Waals surface area (Å²) in [7, 11) is -3.98. The molecular formula is C17H28N2O4S. The van der Waals surface area contributed by atoms with Crippen LogP contribution in [0.4, 0.5) is 0 Å². The fraction of sp³-hybridized carbons (Fsp3) is 0.588. The molecular weight excluding hydrogens is 328 g/mol. The third-order valence-corrected chi connectivity index (χ3v) is 4.03. The van der Waals surface area contributed by atoms with Crippen LogP contribution in [0.25, 0.3) is 0 Å². The monoisotopic (exact) mass is 356 g/mol. The molecule has 0 aromatic heterocycles. The van der Waals surface area contributed by atoms with E-state index in [0.29, 0.717) is 13.0 Å². The quantitative estimate of drug-likeness (QED) is 0.563. The summed E-state index contributed by atoms with van der Waals surface area (Å²) in [6, 6.07) is 6.70. The van der Waals surface area contributed by atoms with Gasteiger partial charge < -0.3 is 9.50 Å². The van der Waals surface area contributed by atoms with Gasteiger partial charge in [-0.25, -0.2) is 0 Å². The number of nitrogens with one attached hydrogen (secondary N) is 1. The molecule has 0 saturated heterocycles. The first-order valence-corrected chi connectivity index (χ1v) is 9.95. The highest BCUT2D eigenvalue weighted by Crippen LogP contribution is 2.14. The Balaban J connectivity index is 2.15. The number of amides is 1. The normalized spacial score (nSPS) is 11.2. The first-order valence-electron chi connectivity index (χ1n) is 8.48. The summed E-state index contributed by atoms with van der Waals surface area (Å²) >= 11 is 0. The predicted octanol–water partition coefficient (Wildman–Crippen LogP) is 2.68. The van der Waals surface area contributed by atoms with E-state index in [1.807, 2.05) is 0 Å². The minimum Gasteiger partial charge on any atom is -0.371 e. The molecule has 24 heavy (non-hydrogen) atoms. The molecule has 0 aliphatic carbocycles. The van der Waals surface area contributed by atoms with E-state index in [1.165, 1.54) is 19.3 Å². The number of carbonyl (C=O) groups excluding carboxylic acids is 1. The average Bonchev–Trinajstić information content (AvgIpc) is 2.51. The highest BCUT2D eigenvalue weighted by molar-refractivity contribution is 7.84. The van der Waals surface area contributed by atoms with Crippen molar-refractivity contribution in [2.75, 3.05) is 6.54 Å². The standard InChI is InChI=1S/C17H28N2O4S/c1-2-3-4-5-6-9-17(20)19-14-7-8-15-10-12-16(13-11-15)23-24(18,21)22/h10-13H,2-9,14H2,1H3,(H,19,20)(H2,18,21,22). The molecule has 0 heterocycles. The zero-order valence-corrected chi connectivity index (χ0v) is 15.1. The van der Waals surface area contributed by atoms with Crippen molar-refractivity contribution < 1.29 is 17.4 Å². The summed E-state index contributed by atoms with van der Waals surface area (Å²) in [6.07, 6.45) is 7.96. The zero-order valence-electron chi connectivity index (χ0n) is 14.3. The van der Waals surface area contributed by atoms with E-state index in [-0.39, 0.29) is 11.7 Å². The van der Waals surface area contributed by atoms with Gasteiger partial charge in [0.15, 0.2) is 0 Å². The van der Waals surface area contributed by atoms with E-state index in [4.69, 9.17) is 5.14 Å². The maximum Gasteiger partial charge on any atom is 0.380 e. The van der Waals surface area contributed by atoms with Crippen molar-refractivity contribution in [1.29, 1.82) is 0 Å². The van der Waals surface area contributed by atoms with Gasteiger partial charge in [-0.3, -0.25) is 4.79 Å². The molecule has 0 fully saturated rings. The largest absolute Gasteiger partial charge is 0.380 e. The molecule has 3 N–H and O–H groups in total. The van der Waals surface area contributed by atoms with Crippen LogP contribution >= 0.6 is 0 Å². The lowest BCUT2D eigenvalue weighted by Crippen LogP contribution is -2.24. The van der Waals surface area contributed by atoms with Crippen LogP contribution < -0.4 is 14.6 Å². The van der Waals surface area contributed by atoms with Crippen molar-refractivity contribution in [3.8, 4) is 5.75 Å². The van der Waals surface area contributed by atoms with Gasteiger partial charge in [-0.1, -0.05) is 44.7 Å². The molecule has 7 heteroatoms. The molecule has 6 nitrogen and oxygen atoms in total. The van der Waals surface area contributed by atoms with Gasteiger partial charge in [0.05, 0.1) is 0 Å². The van der Waals surface area contributed by atoms with Gasteiger partial charge in [0.25, 0.3) is 0 Å².